The number of aliphatic hydroxyl groups is 1. The maximum atomic E-state index is 13.0. The molecule has 1 amide bonds. The molecule has 9 heteroatoms. The molecule has 168 valence electrons. The number of nitrogens with one attached hydrogen (secondary N) is 1. The largest absolute Gasteiger partial charge is 0.507 e. The summed E-state index contributed by atoms with van der Waals surface area (Å²) in [5.74, 6) is -1.89. The number of benzene rings is 2. The number of amides is 1. The molecule has 3 rings (SSSR count). The van der Waals surface area contributed by atoms with Crippen LogP contribution in [0.1, 0.15) is 31.0 Å². The van der Waals surface area contributed by atoms with E-state index >= 15 is 0 Å². The monoisotopic (exact) mass is 458 g/mol. The van der Waals surface area contributed by atoms with Crippen molar-refractivity contribution in [3.8, 4) is 0 Å². The summed E-state index contributed by atoms with van der Waals surface area (Å²) in [6.07, 6.45) is 0. The van der Waals surface area contributed by atoms with Crippen LogP contribution in [0, 0.1) is 10.1 Å². The van der Waals surface area contributed by atoms with Crippen LogP contribution in [0.25, 0.3) is 5.76 Å². The number of non-ortho nitro benzene ring substituents is 1. The van der Waals surface area contributed by atoms with Gasteiger partial charge in [-0.25, -0.2) is 0 Å². The van der Waals surface area contributed by atoms with E-state index < -0.39 is 22.7 Å². The highest BCUT2D eigenvalue weighted by Crippen LogP contribution is 2.40. The predicted octanol–water partition coefficient (Wildman–Crippen LogP) is 2.59. The van der Waals surface area contributed by atoms with Crippen molar-refractivity contribution in [3.05, 3.63) is 80.4 Å². The number of nitro benzene ring substituents is 1. The van der Waals surface area contributed by atoms with Gasteiger partial charge in [0.2, 0.25) is 0 Å². The second-order valence-corrected chi connectivity index (χ2v) is 8.00. The van der Waals surface area contributed by atoms with E-state index in [0.29, 0.717) is 22.7 Å². The van der Waals surface area contributed by atoms with Gasteiger partial charge in [-0.1, -0.05) is 23.7 Å². The SMILES string of the molecule is CC[NH+](CC)CCN1C(=O)C(=O)C(=C(O)c2ccc(Cl)cc2)C1c1cccc([N+](=O)[O-])c1. The zero-order valence-electron chi connectivity index (χ0n) is 17.9. The summed E-state index contributed by atoms with van der Waals surface area (Å²) in [5, 5.41) is 22.8. The minimum atomic E-state index is -0.930. The number of quaternary nitrogens is 1. The van der Waals surface area contributed by atoms with Crippen LogP contribution in [0.3, 0.4) is 0 Å². The number of hydrogen-bond donors (Lipinski definition) is 2. The average molecular weight is 459 g/mol. The first-order chi connectivity index (χ1) is 15.3. The van der Waals surface area contributed by atoms with Gasteiger partial charge in [0.25, 0.3) is 17.4 Å². The molecule has 0 saturated carbocycles. The zero-order valence-corrected chi connectivity index (χ0v) is 18.6. The first kappa shape index (κ1) is 23.4. The minimum absolute atomic E-state index is 0.0904. The van der Waals surface area contributed by atoms with Crippen LogP contribution in [0.5, 0.6) is 0 Å². The van der Waals surface area contributed by atoms with Gasteiger partial charge in [0.1, 0.15) is 5.76 Å². The van der Waals surface area contributed by atoms with Gasteiger partial charge in [0.05, 0.1) is 42.7 Å². The van der Waals surface area contributed by atoms with E-state index in [4.69, 9.17) is 11.6 Å². The van der Waals surface area contributed by atoms with Crippen molar-refractivity contribution in [2.45, 2.75) is 19.9 Å². The number of nitrogens with zero attached hydrogens (tertiary/aromatic N) is 2. The molecule has 1 aliphatic rings. The van der Waals surface area contributed by atoms with Gasteiger partial charge in [0, 0.05) is 22.7 Å². The van der Waals surface area contributed by atoms with Gasteiger partial charge in [-0.2, -0.15) is 0 Å². The summed E-state index contributed by atoms with van der Waals surface area (Å²) in [6.45, 7) is 6.65. The van der Waals surface area contributed by atoms with Gasteiger partial charge in [-0.15, -0.1) is 0 Å². The molecule has 1 atom stereocenters. The number of nitro groups is 1. The Bertz CT molecular complexity index is 1060. The molecule has 1 unspecified atom stereocenters. The molecule has 0 aliphatic carbocycles. The first-order valence-corrected chi connectivity index (χ1v) is 10.8. The molecule has 2 aromatic rings. The lowest BCUT2D eigenvalue weighted by Crippen LogP contribution is -3.12. The van der Waals surface area contributed by atoms with Crippen LogP contribution in [-0.4, -0.2) is 52.8 Å². The molecule has 1 saturated heterocycles. The van der Waals surface area contributed by atoms with Crippen LogP contribution in [0.4, 0.5) is 5.69 Å². The van der Waals surface area contributed by atoms with Crippen molar-refractivity contribution >= 4 is 34.7 Å². The van der Waals surface area contributed by atoms with E-state index in [-0.39, 0.29) is 23.6 Å². The molecule has 0 radical (unpaired) electrons. The Balaban J connectivity index is 2.13. The third kappa shape index (κ3) is 4.66. The molecular formula is C23H25ClN3O5+. The van der Waals surface area contributed by atoms with E-state index in [1.54, 1.807) is 30.3 Å². The number of ketones is 1. The molecule has 2 aromatic carbocycles. The van der Waals surface area contributed by atoms with Gasteiger partial charge >= 0.3 is 0 Å². The molecule has 32 heavy (non-hydrogen) atoms. The Hall–Kier alpha value is -3.23. The summed E-state index contributed by atoms with van der Waals surface area (Å²) < 4.78 is 0. The molecule has 1 aliphatic heterocycles. The van der Waals surface area contributed by atoms with Crippen LogP contribution in [-0.2, 0) is 9.59 Å². The topological polar surface area (TPSA) is 105 Å². The fourth-order valence-corrected chi connectivity index (χ4v) is 4.04. The second-order valence-electron chi connectivity index (χ2n) is 7.56. The normalized spacial score (nSPS) is 17.9. The highest BCUT2D eigenvalue weighted by atomic mass is 35.5. The first-order valence-electron chi connectivity index (χ1n) is 10.4. The van der Waals surface area contributed by atoms with Gasteiger partial charge in [-0.3, -0.25) is 19.7 Å². The van der Waals surface area contributed by atoms with E-state index in [2.05, 4.69) is 0 Å². The molecule has 8 nitrogen and oxygen atoms in total. The standard InChI is InChI=1S/C23H24ClN3O5/c1-3-25(4-2)12-13-26-20(16-6-5-7-18(14-16)27(31)32)19(22(29)23(26)30)21(28)15-8-10-17(24)11-9-15/h5-11,14,20,28H,3-4,12-13H2,1-2H3/p+1. The molecular weight excluding hydrogens is 434 g/mol. The second kappa shape index (κ2) is 9.93. The van der Waals surface area contributed by atoms with E-state index in [1.807, 2.05) is 13.8 Å². The maximum Gasteiger partial charge on any atom is 0.295 e. The lowest BCUT2D eigenvalue weighted by molar-refractivity contribution is -0.895. The van der Waals surface area contributed by atoms with Crippen LogP contribution in [0.15, 0.2) is 54.1 Å². The number of hydrogen-bond acceptors (Lipinski definition) is 5. The van der Waals surface area contributed by atoms with Gasteiger partial charge < -0.3 is 14.9 Å². The molecule has 0 bridgehead atoms. The number of Topliss-reactive ketones (excluding diaryl/α,β-unsaturated/α-hetero) is 1. The van der Waals surface area contributed by atoms with Crippen LogP contribution in [0.2, 0.25) is 5.02 Å². The Morgan fingerprint density at radius 3 is 2.41 bits per heavy atom. The molecule has 0 aromatic heterocycles. The fourth-order valence-electron chi connectivity index (χ4n) is 3.91. The molecule has 1 fully saturated rings. The number of carbonyl (C=O) groups excluding carboxylic acids is 2. The number of carbonyl (C=O) groups is 2. The van der Waals surface area contributed by atoms with Crippen molar-refractivity contribution < 1.29 is 24.5 Å². The van der Waals surface area contributed by atoms with E-state index in [0.717, 1.165) is 13.1 Å². The summed E-state index contributed by atoms with van der Waals surface area (Å²) in [5.41, 5.74) is 0.474. The number of likely N-dealkylation sites (tertiary alicyclic amines) is 1. The lowest BCUT2D eigenvalue weighted by Gasteiger charge is -2.26. The minimum Gasteiger partial charge on any atom is -0.507 e. The van der Waals surface area contributed by atoms with Crippen LogP contribution < -0.4 is 4.90 Å². The highest BCUT2D eigenvalue weighted by Gasteiger charge is 2.46. The lowest BCUT2D eigenvalue weighted by atomic mass is 9.95. The number of likely N-dealkylation sites (N-methyl/N-ethyl adjacent to an activating group) is 1. The Morgan fingerprint density at radius 1 is 1.16 bits per heavy atom. The Morgan fingerprint density at radius 2 is 1.81 bits per heavy atom. The third-order valence-corrected chi connectivity index (χ3v) is 6.01. The molecule has 2 N–H and O–H groups in total. The number of aliphatic hydroxyl groups excluding tert-OH is 1. The van der Waals surface area contributed by atoms with Gasteiger partial charge in [-0.05, 0) is 43.7 Å². The zero-order chi connectivity index (χ0) is 23.4. The van der Waals surface area contributed by atoms with Crippen molar-refractivity contribution in [1.82, 2.24) is 4.90 Å². The van der Waals surface area contributed by atoms with E-state index in [1.165, 1.54) is 28.0 Å². The van der Waals surface area contributed by atoms with E-state index in [9.17, 15) is 24.8 Å². The van der Waals surface area contributed by atoms with Crippen molar-refractivity contribution in [1.29, 1.82) is 0 Å². The predicted molar refractivity (Wildman–Crippen MR) is 120 cm³/mol. The van der Waals surface area contributed by atoms with Gasteiger partial charge in [0.15, 0.2) is 0 Å². The molecule has 0 spiro atoms. The quantitative estimate of drug-likeness (QED) is 0.208. The Kier molecular flexibility index (Phi) is 7.27. The van der Waals surface area contributed by atoms with Crippen molar-refractivity contribution in [3.63, 3.8) is 0 Å². The summed E-state index contributed by atoms with van der Waals surface area (Å²) in [7, 11) is 0. The number of halogens is 1. The van der Waals surface area contributed by atoms with Crippen molar-refractivity contribution in [2.24, 2.45) is 0 Å². The molecule has 1 heterocycles. The highest BCUT2D eigenvalue weighted by molar-refractivity contribution is 6.46. The van der Waals surface area contributed by atoms with Crippen LogP contribution >= 0.6 is 11.6 Å². The average Bonchev–Trinajstić information content (AvgIpc) is 3.04. The third-order valence-electron chi connectivity index (χ3n) is 5.76. The number of rotatable bonds is 8. The summed E-state index contributed by atoms with van der Waals surface area (Å²) in [4.78, 5) is 39.4. The van der Waals surface area contributed by atoms with Crippen molar-refractivity contribution in [2.75, 3.05) is 26.2 Å². The maximum absolute atomic E-state index is 13.0. The fraction of sp³-hybridized carbons (Fsp3) is 0.304. The summed E-state index contributed by atoms with van der Waals surface area (Å²) >= 11 is 5.93. The smallest absolute Gasteiger partial charge is 0.295 e. The Labute approximate surface area is 190 Å². The summed E-state index contributed by atoms with van der Waals surface area (Å²) in [6, 6.07) is 11.1.